The van der Waals surface area contributed by atoms with Crippen molar-refractivity contribution in [1.82, 2.24) is 15.3 Å². The van der Waals surface area contributed by atoms with Gasteiger partial charge in [-0.3, -0.25) is 0 Å². The van der Waals surface area contributed by atoms with E-state index in [1.54, 1.807) is 12.4 Å². The van der Waals surface area contributed by atoms with Crippen LogP contribution in [0.1, 0.15) is 53.3 Å². The van der Waals surface area contributed by atoms with Crippen molar-refractivity contribution < 1.29 is 19.3 Å². The van der Waals surface area contributed by atoms with Crippen LogP contribution in [0.25, 0.3) is 6.08 Å². The molecular formula is C23H26FN3O3. The van der Waals surface area contributed by atoms with E-state index in [4.69, 9.17) is 4.74 Å². The summed E-state index contributed by atoms with van der Waals surface area (Å²) in [7, 11) is 0. The second-order valence-electron chi connectivity index (χ2n) is 8.65. The Morgan fingerprint density at radius 1 is 1.20 bits per heavy atom. The predicted molar refractivity (Wildman–Crippen MR) is 110 cm³/mol. The summed E-state index contributed by atoms with van der Waals surface area (Å²) in [6.07, 6.45) is 3.52. The van der Waals surface area contributed by atoms with Gasteiger partial charge in [-0.15, -0.1) is 0 Å². The maximum Gasteiger partial charge on any atom is 0.127 e. The minimum absolute atomic E-state index is 0.0483. The van der Waals surface area contributed by atoms with Crippen LogP contribution in [0.15, 0.2) is 24.5 Å². The Morgan fingerprint density at radius 3 is 2.87 bits per heavy atom. The summed E-state index contributed by atoms with van der Waals surface area (Å²) in [5.74, 6) is 0.0861. The zero-order valence-corrected chi connectivity index (χ0v) is 17.0. The topological polar surface area (TPSA) is 87.5 Å². The summed E-state index contributed by atoms with van der Waals surface area (Å²) in [5, 5.41) is 24.8. The van der Waals surface area contributed by atoms with E-state index in [0.29, 0.717) is 24.3 Å². The van der Waals surface area contributed by atoms with Crippen LogP contribution in [0.2, 0.25) is 0 Å². The summed E-state index contributed by atoms with van der Waals surface area (Å²) in [6, 6.07) is 3.06. The standard InChI is InChI=1S/C23H26FN3O3/c1-11-8-25-9-16-18(6-5-17(24)20(11)16)30-19-7-15(22(28)23(19)29)14-4-3-13-12(2)26-10-27-21(13)14/h3-6,10-11,14-15,19,22-23,25,28-29H,7-9H2,1-2H3. The normalized spacial score (nSPS) is 32.2. The minimum Gasteiger partial charge on any atom is -0.487 e. The molecular weight excluding hydrogens is 385 g/mol. The Labute approximate surface area is 174 Å². The highest BCUT2D eigenvalue weighted by molar-refractivity contribution is 5.62. The van der Waals surface area contributed by atoms with E-state index in [0.717, 1.165) is 29.1 Å². The molecule has 0 bridgehead atoms. The highest BCUT2D eigenvalue weighted by Crippen LogP contribution is 2.44. The van der Waals surface area contributed by atoms with E-state index in [2.05, 4.69) is 15.3 Å². The van der Waals surface area contributed by atoms with E-state index >= 15 is 0 Å². The number of aryl methyl sites for hydroxylation is 1. The van der Waals surface area contributed by atoms with Crippen molar-refractivity contribution in [3.05, 3.63) is 58.4 Å². The fourth-order valence-electron chi connectivity index (χ4n) is 5.23. The molecule has 30 heavy (non-hydrogen) atoms. The molecule has 5 rings (SSSR count). The molecule has 3 aliphatic rings. The molecule has 7 heteroatoms. The number of fused-ring (bicyclic) bond motifs is 2. The minimum atomic E-state index is -1.02. The van der Waals surface area contributed by atoms with Crippen molar-refractivity contribution in [2.45, 2.75) is 57.0 Å². The molecule has 3 N–H and O–H groups in total. The maximum atomic E-state index is 14.4. The number of aliphatic hydroxyl groups excluding tert-OH is 2. The van der Waals surface area contributed by atoms with Crippen LogP contribution < -0.4 is 10.1 Å². The lowest BCUT2D eigenvalue weighted by Gasteiger charge is -2.28. The van der Waals surface area contributed by atoms with E-state index < -0.39 is 18.3 Å². The number of rotatable bonds is 3. The quantitative estimate of drug-likeness (QED) is 0.719. The molecule has 0 amide bonds. The van der Waals surface area contributed by atoms with Crippen LogP contribution in [0.4, 0.5) is 4.39 Å². The lowest BCUT2D eigenvalue weighted by molar-refractivity contribution is -0.0196. The third-order valence-electron chi connectivity index (χ3n) is 6.82. The van der Waals surface area contributed by atoms with Gasteiger partial charge in [0.05, 0.1) is 11.8 Å². The number of halogens is 1. The van der Waals surface area contributed by atoms with Crippen molar-refractivity contribution in [1.29, 1.82) is 0 Å². The average Bonchev–Trinajstić information content (AvgIpc) is 3.27. The molecule has 6 unspecified atom stereocenters. The van der Waals surface area contributed by atoms with Crippen LogP contribution >= 0.6 is 0 Å². The molecule has 1 aromatic heterocycles. The van der Waals surface area contributed by atoms with Gasteiger partial charge in [-0.25, -0.2) is 14.4 Å². The molecule has 2 aliphatic carbocycles. The first-order valence-electron chi connectivity index (χ1n) is 10.5. The fourth-order valence-corrected chi connectivity index (χ4v) is 5.23. The van der Waals surface area contributed by atoms with Gasteiger partial charge in [0, 0.05) is 47.3 Å². The molecule has 0 radical (unpaired) electrons. The van der Waals surface area contributed by atoms with Gasteiger partial charge >= 0.3 is 0 Å². The first-order valence-corrected chi connectivity index (χ1v) is 10.5. The molecule has 6 nitrogen and oxygen atoms in total. The zero-order valence-electron chi connectivity index (χ0n) is 17.0. The van der Waals surface area contributed by atoms with Crippen molar-refractivity contribution in [2.24, 2.45) is 5.92 Å². The summed E-state index contributed by atoms with van der Waals surface area (Å²) in [4.78, 5) is 8.67. The molecule has 2 heterocycles. The predicted octanol–water partition coefficient (Wildman–Crippen LogP) is 2.43. The molecule has 158 valence electrons. The Hall–Kier alpha value is -2.35. The average molecular weight is 411 g/mol. The molecule has 2 aromatic rings. The smallest absolute Gasteiger partial charge is 0.127 e. The number of hydrogen-bond donors (Lipinski definition) is 3. The summed E-state index contributed by atoms with van der Waals surface area (Å²) < 4.78 is 20.6. The fraction of sp³-hybridized carbons (Fsp3) is 0.478. The van der Waals surface area contributed by atoms with Crippen LogP contribution in [-0.2, 0) is 6.54 Å². The van der Waals surface area contributed by atoms with Gasteiger partial charge in [-0.2, -0.15) is 0 Å². The highest BCUT2D eigenvalue weighted by atomic mass is 19.1. The number of nitrogens with zero attached hydrogens (tertiary/aromatic N) is 2. The number of benzene rings is 1. The van der Waals surface area contributed by atoms with E-state index in [1.165, 1.54) is 6.07 Å². The van der Waals surface area contributed by atoms with Gasteiger partial charge in [0.2, 0.25) is 0 Å². The molecule has 0 spiro atoms. The number of allylic oxidation sites excluding steroid dienone is 1. The summed E-state index contributed by atoms with van der Waals surface area (Å²) in [5.41, 5.74) is 4.25. The van der Waals surface area contributed by atoms with E-state index in [-0.39, 0.29) is 23.6 Å². The van der Waals surface area contributed by atoms with Crippen molar-refractivity contribution in [3.8, 4) is 5.75 Å². The Balaban J connectivity index is 1.41. The van der Waals surface area contributed by atoms with Gasteiger partial charge in [-0.05, 0) is 31.4 Å². The number of nitrogens with one attached hydrogen (secondary N) is 1. The van der Waals surface area contributed by atoms with E-state index in [1.807, 2.05) is 26.0 Å². The molecule has 0 saturated heterocycles. The first-order chi connectivity index (χ1) is 14.5. The molecule has 1 aromatic carbocycles. The second-order valence-corrected chi connectivity index (χ2v) is 8.65. The van der Waals surface area contributed by atoms with Crippen molar-refractivity contribution in [2.75, 3.05) is 6.54 Å². The van der Waals surface area contributed by atoms with Gasteiger partial charge in [0.25, 0.3) is 0 Å². The number of aliphatic hydroxyl groups is 2. The van der Waals surface area contributed by atoms with Gasteiger partial charge in [-0.1, -0.05) is 19.1 Å². The van der Waals surface area contributed by atoms with Crippen LogP contribution in [0.3, 0.4) is 0 Å². The Morgan fingerprint density at radius 2 is 2.03 bits per heavy atom. The summed E-state index contributed by atoms with van der Waals surface area (Å²) in [6.45, 7) is 5.16. The summed E-state index contributed by atoms with van der Waals surface area (Å²) >= 11 is 0. The molecule has 1 aliphatic heterocycles. The molecule has 1 saturated carbocycles. The van der Waals surface area contributed by atoms with Crippen LogP contribution in [0.5, 0.6) is 5.75 Å². The SMILES string of the molecule is Cc1ncnc2c1C=CC2C1CC(Oc2ccc(F)c3c2CNCC3C)C(O)C1O. The van der Waals surface area contributed by atoms with Crippen LogP contribution in [-0.4, -0.2) is 45.0 Å². The van der Waals surface area contributed by atoms with E-state index in [9.17, 15) is 14.6 Å². The lowest BCUT2D eigenvalue weighted by atomic mass is 9.87. The highest BCUT2D eigenvalue weighted by Gasteiger charge is 2.47. The van der Waals surface area contributed by atoms with Gasteiger partial charge in [0.15, 0.2) is 0 Å². The number of hydrogen-bond acceptors (Lipinski definition) is 6. The van der Waals surface area contributed by atoms with Gasteiger partial charge < -0.3 is 20.3 Å². The Bertz CT molecular complexity index is 1010. The third-order valence-corrected chi connectivity index (χ3v) is 6.82. The second kappa shape index (κ2) is 7.41. The third kappa shape index (κ3) is 3.04. The number of ether oxygens (including phenoxy) is 1. The maximum absolute atomic E-state index is 14.4. The monoisotopic (exact) mass is 411 g/mol. The molecule has 6 atom stereocenters. The zero-order chi connectivity index (χ0) is 21.0. The van der Waals surface area contributed by atoms with Crippen LogP contribution in [0, 0.1) is 18.7 Å². The molecule has 1 fully saturated rings. The van der Waals surface area contributed by atoms with Crippen molar-refractivity contribution >= 4 is 6.08 Å². The number of aromatic nitrogens is 2. The van der Waals surface area contributed by atoms with Gasteiger partial charge in [0.1, 0.15) is 30.1 Å². The Kier molecular flexibility index (Phi) is 4.84. The largest absolute Gasteiger partial charge is 0.487 e. The lowest BCUT2D eigenvalue weighted by Crippen LogP contribution is -2.35. The first kappa shape index (κ1) is 19.6. The van der Waals surface area contributed by atoms with Crippen molar-refractivity contribution in [3.63, 3.8) is 0 Å².